The zero-order valence-corrected chi connectivity index (χ0v) is 16.5. The number of fused-ring (bicyclic) bond motifs is 1. The van der Waals surface area contributed by atoms with Crippen LogP contribution in [0, 0.1) is 0 Å². The van der Waals surface area contributed by atoms with E-state index in [0.717, 1.165) is 49.2 Å². The van der Waals surface area contributed by atoms with Crippen LogP contribution in [-0.2, 0) is 0 Å². The SMILES string of the molecule is OCC[NH+]1CC[NH+]([C@H](c2ccc(Cl)cc2)c2ccc3cccnc3c2O)CC1. The van der Waals surface area contributed by atoms with Crippen molar-refractivity contribution >= 4 is 22.5 Å². The van der Waals surface area contributed by atoms with Crippen molar-refractivity contribution in [2.45, 2.75) is 6.04 Å². The summed E-state index contributed by atoms with van der Waals surface area (Å²) in [6.07, 6.45) is 1.72. The highest BCUT2D eigenvalue weighted by atomic mass is 35.5. The average Bonchev–Trinajstić information content (AvgIpc) is 2.73. The van der Waals surface area contributed by atoms with E-state index in [-0.39, 0.29) is 18.4 Å². The fraction of sp³-hybridized carbons (Fsp3) is 0.318. The van der Waals surface area contributed by atoms with Crippen molar-refractivity contribution in [1.29, 1.82) is 0 Å². The molecule has 4 rings (SSSR count). The van der Waals surface area contributed by atoms with E-state index in [0.29, 0.717) is 10.5 Å². The molecular formula is C22H26ClN3O2+2. The first-order chi connectivity index (χ1) is 13.7. The van der Waals surface area contributed by atoms with Crippen molar-refractivity contribution in [1.82, 2.24) is 4.98 Å². The van der Waals surface area contributed by atoms with Gasteiger partial charge < -0.3 is 20.0 Å². The van der Waals surface area contributed by atoms with E-state index in [2.05, 4.69) is 17.1 Å². The van der Waals surface area contributed by atoms with Crippen molar-refractivity contribution in [2.75, 3.05) is 39.3 Å². The number of pyridine rings is 1. The van der Waals surface area contributed by atoms with Crippen LogP contribution in [0.5, 0.6) is 5.75 Å². The number of nitrogens with one attached hydrogen (secondary N) is 2. The van der Waals surface area contributed by atoms with E-state index in [1.807, 2.05) is 36.4 Å². The fourth-order valence-corrected chi connectivity index (χ4v) is 4.42. The number of halogens is 1. The number of hydrogen-bond acceptors (Lipinski definition) is 3. The summed E-state index contributed by atoms with van der Waals surface area (Å²) in [4.78, 5) is 7.25. The first-order valence-electron chi connectivity index (χ1n) is 9.78. The highest BCUT2D eigenvalue weighted by molar-refractivity contribution is 6.30. The number of aromatic hydroxyl groups is 1. The Kier molecular flexibility index (Phi) is 5.78. The second-order valence-corrected chi connectivity index (χ2v) is 7.88. The minimum absolute atomic E-state index is 0.0133. The third-order valence-electron chi connectivity index (χ3n) is 5.77. The Bertz CT molecular complexity index is 940. The first-order valence-corrected chi connectivity index (χ1v) is 10.2. The molecule has 0 spiro atoms. The van der Waals surface area contributed by atoms with E-state index in [1.54, 1.807) is 6.20 Å². The van der Waals surface area contributed by atoms with Crippen LogP contribution in [0.2, 0.25) is 5.02 Å². The van der Waals surface area contributed by atoms with Gasteiger partial charge in [-0.3, -0.25) is 4.98 Å². The summed E-state index contributed by atoms with van der Waals surface area (Å²) in [7, 11) is 0. The number of aliphatic hydroxyl groups excluding tert-OH is 1. The van der Waals surface area contributed by atoms with Crippen molar-refractivity contribution in [3.63, 3.8) is 0 Å². The standard InChI is InChI=1S/C22H24ClN3O2/c23-18-6-3-17(4-7-18)21(26-12-10-25(11-13-26)14-15-27)19-8-5-16-2-1-9-24-20(16)22(19)28/h1-9,21,27-28H,10-15H2/p+2/t21-/m1/s1. The number of benzene rings is 2. The van der Waals surface area contributed by atoms with Crippen molar-refractivity contribution < 1.29 is 20.0 Å². The van der Waals surface area contributed by atoms with Gasteiger partial charge in [0.05, 0.1) is 12.2 Å². The third-order valence-corrected chi connectivity index (χ3v) is 6.02. The van der Waals surface area contributed by atoms with Crippen LogP contribution >= 0.6 is 11.6 Å². The van der Waals surface area contributed by atoms with Gasteiger partial charge in [-0.05, 0) is 24.3 Å². The fourth-order valence-electron chi connectivity index (χ4n) is 4.29. The molecule has 3 aromatic rings. The lowest BCUT2D eigenvalue weighted by Crippen LogP contribution is -3.28. The van der Waals surface area contributed by atoms with E-state index in [1.165, 1.54) is 9.80 Å². The average molecular weight is 400 g/mol. The van der Waals surface area contributed by atoms with Crippen molar-refractivity contribution in [3.8, 4) is 5.75 Å². The second kappa shape index (κ2) is 8.45. The normalized spacial score (nSPS) is 20.9. The number of aromatic nitrogens is 1. The number of aliphatic hydroxyl groups is 1. The lowest BCUT2D eigenvalue weighted by atomic mass is 9.94. The van der Waals surface area contributed by atoms with Gasteiger partial charge in [0.15, 0.2) is 5.75 Å². The molecule has 1 aliphatic heterocycles. The molecule has 2 heterocycles. The largest absolute Gasteiger partial charge is 0.505 e. The summed E-state index contributed by atoms with van der Waals surface area (Å²) >= 11 is 6.12. The minimum atomic E-state index is 0.0133. The molecule has 0 aliphatic carbocycles. The minimum Gasteiger partial charge on any atom is -0.505 e. The molecule has 6 heteroatoms. The molecule has 1 atom stereocenters. The summed E-state index contributed by atoms with van der Waals surface area (Å²) in [6, 6.07) is 15.8. The maximum absolute atomic E-state index is 11.1. The van der Waals surface area contributed by atoms with Gasteiger partial charge in [0, 0.05) is 22.2 Å². The smallest absolute Gasteiger partial charge is 0.151 e. The maximum atomic E-state index is 11.1. The molecule has 0 unspecified atom stereocenters. The van der Waals surface area contributed by atoms with E-state index in [9.17, 15) is 10.2 Å². The number of rotatable bonds is 5. The van der Waals surface area contributed by atoms with Crippen LogP contribution in [0.3, 0.4) is 0 Å². The predicted molar refractivity (Wildman–Crippen MR) is 110 cm³/mol. The number of piperazine rings is 1. The number of nitrogens with zero attached hydrogens (tertiary/aromatic N) is 1. The van der Waals surface area contributed by atoms with Gasteiger partial charge in [0.25, 0.3) is 0 Å². The van der Waals surface area contributed by atoms with E-state index < -0.39 is 0 Å². The molecule has 4 N–H and O–H groups in total. The molecule has 146 valence electrons. The highest BCUT2D eigenvalue weighted by Gasteiger charge is 2.33. The zero-order chi connectivity index (χ0) is 19.5. The number of phenolic OH excluding ortho intramolecular Hbond substituents is 1. The Labute approximate surface area is 169 Å². The molecular weight excluding hydrogens is 374 g/mol. The van der Waals surface area contributed by atoms with Gasteiger partial charge in [-0.25, -0.2) is 0 Å². The Morgan fingerprint density at radius 1 is 1.00 bits per heavy atom. The number of hydrogen-bond donors (Lipinski definition) is 4. The first kappa shape index (κ1) is 19.2. The third kappa shape index (κ3) is 3.84. The monoisotopic (exact) mass is 399 g/mol. The van der Waals surface area contributed by atoms with Gasteiger partial charge in [-0.1, -0.05) is 35.9 Å². The topological polar surface area (TPSA) is 62.2 Å². The van der Waals surface area contributed by atoms with Crippen molar-refractivity contribution in [3.05, 3.63) is 70.9 Å². The van der Waals surface area contributed by atoms with Gasteiger partial charge in [0.2, 0.25) is 0 Å². The molecule has 5 nitrogen and oxygen atoms in total. The summed E-state index contributed by atoms with van der Waals surface area (Å²) in [5, 5.41) is 21.9. The maximum Gasteiger partial charge on any atom is 0.151 e. The van der Waals surface area contributed by atoms with Gasteiger partial charge in [0.1, 0.15) is 44.3 Å². The van der Waals surface area contributed by atoms with Crippen LogP contribution < -0.4 is 9.80 Å². The molecule has 0 amide bonds. The van der Waals surface area contributed by atoms with Crippen molar-refractivity contribution in [2.24, 2.45) is 0 Å². The Morgan fingerprint density at radius 3 is 2.46 bits per heavy atom. The summed E-state index contributed by atoms with van der Waals surface area (Å²) in [6.45, 7) is 4.98. The number of quaternary nitrogens is 2. The highest BCUT2D eigenvalue weighted by Crippen LogP contribution is 2.33. The molecule has 2 aromatic carbocycles. The van der Waals surface area contributed by atoms with E-state index >= 15 is 0 Å². The molecule has 1 aliphatic rings. The number of phenols is 1. The Balaban J connectivity index is 1.74. The van der Waals surface area contributed by atoms with Crippen LogP contribution in [0.4, 0.5) is 0 Å². The summed E-state index contributed by atoms with van der Waals surface area (Å²) < 4.78 is 0. The molecule has 1 saturated heterocycles. The molecule has 0 radical (unpaired) electrons. The van der Waals surface area contributed by atoms with Crippen LogP contribution in [0.15, 0.2) is 54.7 Å². The quantitative estimate of drug-likeness (QED) is 0.504. The second-order valence-electron chi connectivity index (χ2n) is 7.44. The van der Waals surface area contributed by atoms with Gasteiger partial charge in [-0.15, -0.1) is 0 Å². The van der Waals surface area contributed by atoms with Gasteiger partial charge in [-0.2, -0.15) is 0 Å². The summed E-state index contributed by atoms with van der Waals surface area (Å²) in [5.74, 6) is 0.260. The predicted octanol–water partition coefficient (Wildman–Crippen LogP) is 0.459. The van der Waals surface area contributed by atoms with Crippen LogP contribution in [-0.4, -0.2) is 54.5 Å². The summed E-state index contributed by atoms with van der Waals surface area (Å²) in [5.41, 5.74) is 2.67. The van der Waals surface area contributed by atoms with Crippen LogP contribution in [0.25, 0.3) is 10.9 Å². The zero-order valence-electron chi connectivity index (χ0n) is 15.7. The Hall–Kier alpha value is -2.18. The molecule has 1 aromatic heterocycles. The molecule has 1 fully saturated rings. The lowest BCUT2D eigenvalue weighted by molar-refractivity contribution is -1.02. The van der Waals surface area contributed by atoms with E-state index in [4.69, 9.17) is 11.6 Å². The van der Waals surface area contributed by atoms with Gasteiger partial charge >= 0.3 is 0 Å². The lowest BCUT2D eigenvalue weighted by Gasteiger charge is -2.35. The van der Waals surface area contributed by atoms with Crippen LogP contribution in [0.1, 0.15) is 17.2 Å². The Morgan fingerprint density at radius 2 is 1.75 bits per heavy atom. The molecule has 0 bridgehead atoms. The molecule has 28 heavy (non-hydrogen) atoms. The molecule has 0 saturated carbocycles.